The van der Waals surface area contributed by atoms with Crippen LogP contribution in [0.5, 0.6) is 0 Å². The molecule has 0 saturated carbocycles. The first kappa shape index (κ1) is 31.0. The predicted molar refractivity (Wildman–Crippen MR) is 162 cm³/mol. The number of carbonyl (C=O) groups is 1. The van der Waals surface area contributed by atoms with E-state index in [-0.39, 0.29) is 23.7 Å². The number of allylic oxidation sites excluding steroid dienone is 3. The van der Waals surface area contributed by atoms with Gasteiger partial charge < -0.3 is 0 Å². The first-order valence-electron chi connectivity index (χ1n) is 14.2. The van der Waals surface area contributed by atoms with Crippen molar-refractivity contribution in [2.75, 3.05) is 6.54 Å². The number of hydrogen-bond donors (Lipinski definition) is 0. The lowest BCUT2D eigenvalue weighted by molar-refractivity contribution is -0.113. The molecule has 0 atom stereocenters. The highest BCUT2D eigenvalue weighted by molar-refractivity contribution is 7.94. The van der Waals surface area contributed by atoms with Crippen LogP contribution in [-0.2, 0) is 21.1 Å². The van der Waals surface area contributed by atoms with Crippen molar-refractivity contribution in [1.82, 2.24) is 0 Å². The van der Waals surface area contributed by atoms with Gasteiger partial charge in [-0.15, -0.1) is 0 Å². The van der Waals surface area contributed by atoms with Gasteiger partial charge in [-0.3, -0.25) is 9.79 Å². The predicted octanol–water partition coefficient (Wildman–Crippen LogP) is 7.56. The molecule has 0 radical (unpaired) electrons. The Morgan fingerprint density at radius 1 is 1.13 bits per heavy atom. The molecule has 212 valence electrons. The molecule has 1 aliphatic heterocycles. The molecule has 3 rings (SSSR count). The summed E-state index contributed by atoms with van der Waals surface area (Å²) >= 11 is 0. The zero-order valence-corrected chi connectivity index (χ0v) is 26.0. The van der Waals surface area contributed by atoms with Crippen LogP contribution in [0, 0.1) is 16.7 Å². The quantitative estimate of drug-likeness (QED) is 0.247. The molecule has 5 nitrogen and oxygen atoms in total. The van der Waals surface area contributed by atoms with E-state index < -0.39 is 19.3 Å². The molecule has 1 saturated heterocycles. The summed E-state index contributed by atoms with van der Waals surface area (Å²) in [5, 5.41) is 9.11. The first-order valence-corrected chi connectivity index (χ1v) is 15.7. The maximum Gasteiger partial charge on any atom is 0.176 e. The summed E-state index contributed by atoms with van der Waals surface area (Å²) in [6.07, 6.45) is 9.40. The minimum absolute atomic E-state index is 0.00170. The molecule has 0 bridgehead atoms. The number of ketones is 1. The summed E-state index contributed by atoms with van der Waals surface area (Å²) in [6.45, 7) is 15.8. The second-order valence-electron chi connectivity index (χ2n) is 13.4. The first-order chi connectivity index (χ1) is 18.0. The number of nitriles is 1. The molecule has 0 aromatic heterocycles. The molecule has 1 fully saturated rings. The van der Waals surface area contributed by atoms with Crippen LogP contribution in [0.2, 0.25) is 0 Å². The molecule has 1 aromatic carbocycles. The van der Waals surface area contributed by atoms with E-state index in [0.29, 0.717) is 37.0 Å². The van der Waals surface area contributed by atoms with Gasteiger partial charge in [-0.1, -0.05) is 44.2 Å². The van der Waals surface area contributed by atoms with Gasteiger partial charge in [-0.2, -0.15) is 5.26 Å². The van der Waals surface area contributed by atoms with Gasteiger partial charge >= 0.3 is 0 Å². The SMILES string of the molecule is C/C=C(/C#N)CN=C(C)C(=O)CCc1ccc(C2CC(C)(C)S(=O)(=O)C(C)(C)C2)cc1C1=CCC(C)(C)CC1. The fourth-order valence-corrected chi connectivity index (χ4v) is 8.40. The van der Waals surface area contributed by atoms with Crippen molar-refractivity contribution < 1.29 is 13.2 Å². The van der Waals surface area contributed by atoms with Crippen molar-refractivity contribution >= 4 is 26.9 Å². The minimum Gasteiger partial charge on any atom is -0.293 e. The average Bonchev–Trinajstić information content (AvgIpc) is 2.86. The topological polar surface area (TPSA) is 87.4 Å². The Labute approximate surface area is 236 Å². The summed E-state index contributed by atoms with van der Waals surface area (Å²) in [6, 6.07) is 8.69. The van der Waals surface area contributed by atoms with Crippen molar-refractivity contribution in [2.45, 2.75) is 116 Å². The Morgan fingerprint density at radius 2 is 1.77 bits per heavy atom. The molecule has 2 aliphatic rings. The Kier molecular flexibility index (Phi) is 9.17. The van der Waals surface area contributed by atoms with Crippen LogP contribution in [0.1, 0.15) is 117 Å². The van der Waals surface area contributed by atoms with Crippen LogP contribution in [-0.4, -0.2) is 36.0 Å². The number of nitrogens with zero attached hydrogens (tertiary/aromatic N) is 2. The Bertz CT molecular complexity index is 1330. The summed E-state index contributed by atoms with van der Waals surface area (Å²) in [7, 11) is -3.25. The van der Waals surface area contributed by atoms with Gasteiger partial charge in [-0.05, 0) is 114 Å². The van der Waals surface area contributed by atoms with Crippen molar-refractivity contribution in [2.24, 2.45) is 10.4 Å². The van der Waals surface area contributed by atoms with Crippen LogP contribution in [0.3, 0.4) is 0 Å². The normalized spacial score (nSPS) is 22.6. The number of benzene rings is 1. The van der Waals surface area contributed by atoms with E-state index in [0.717, 1.165) is 24.8 Å². The third-order valence-electron chi connectivity index (χ3n) is 8.86. The molecule has 1 heterocycles. The van der Waals surface area contributed by atoms with Crippen LogP contribution in [0.15, 0.2) is 40.9 Å². The largest absolute Gasteiger partial charge is 0.293 e. The van der Waals surface area contributed by atoms with E-state index in [1.807, 2.05) is 27.7 Å². The van der Waals surface area contributed by atoms with Gasteiger partial charge in [0.25, 0.3) is 0 Å². The van der Waals surface area contributed by atoms with Crippen molar-refractivity contribution in [3.63, 3.8) is 0 Å². The van der Waals surface area contributed by atoms with Crippen molar-refractivity contribution in [3.05, 3.63) is 52.6 Å². The van der Waals surface area contributed by atoms with E-state index in [1.165, 1.54) is 16.7 Å². The van der Waals surface area contributed by atoms with E-state index in [4.69, 9.17) is 5.26 Å². The van der Waals surface area contributed by atoms with E-state index >= 15 is 0 Å². The van der Waals surface area contributed by atoms with E-state index in [9.17, 15) is 13.2 Å². The van der Waals surface area contributed by atoms with Gasteiger partial charge in [0, 0.05) is 12.0 Å². The second-order valence-corrected chi connectivity index (χ2v) is 16.6. The van der Waals surface area contributed by atoms with Crippen LogP contribution in [0.4, 0.5) is 0 Å². The highest BCUT2D eigenvalue weighted by Gasteiger charge is 2.52. The smallest absolute Gasteiger partial charge is 0.176 e. The number of hydrogen-bond acceptors (Lipinski definition) is 5. The average molecular weight is 551 g/mol. The number of rotatable bonds is 8. The summed E-state index contributed by atoms with van der Waals surface area (Å²) in [5.74, 6) is 0.155. The molecule has 6 heteroatoms. The number of aliphatic imine (C=N–C) groups is 1. The third-order valence-corrected chi connectivity index (χ3v) is 12.1. The maximum absolute atomic E-state index is 13.2. The molecular weight excluding hydrogens is 504 g/mol. The molecule has 0 amide bonds. The zero-order valence-electron chi connectivity index (χ0n) is 25.1. The third kappa shape index (κ3) is 6.80. The fourth-order valence-electron chi connectivity index (χ4n) is 6.06. The van der Waals surface area contributed by atoms with Gasteiger partial charge in [0.05, 0.1) is 27.8 Å². The molecule has 0 N–H and O–H groups in total. The van der Waals surface area contributed by atoms with Crippen LogP contribution >= 0.6 is 0 Å². The van der Waals surface area contributed by atoms with Crippen molar-refractivity contribution in [3.8, 4) is 6.07 Å². The Morgan fingerprint density at radius 3 is 2.31 bits per heavy atom. The number of sulfone groups is 1. The molecule has 39 heavy (non-hydrogen) atoms. The monoisotopic (exact) mass is 550 g/mol. The summed E-state index contributed by atoms with van der Waals surface area (Å²) in [4.78, 5) is 17.2. The lowest BCUT2D eigenvalue weighted by atomic mass is 9.75. The van der Waals surface area contributed by atoms with Gasteiger partial charge in [-0.25, -0.2) is 8.42 Å². The lowest BCUT2D eigenvalue weighted by Gasteiger charge is -2.44. The highest BCUT2D eigenvalue weighted by atomic mass is 32.2. The molecule has 0 unspecified atom stereocenters. The maximum atomic E-state index is 13.2. The second kappa shape index (κ2) is 11.5. The van der Waals surface area contributed by atoms with Crippen LogP contribution in [0.25, 0.3) is 5.57 Å². The molecule has 0 spiro atoms. The zero-order chi connectivity index (χ0) is 29.2. The standard InChI is InChI=1S/C33H46N2O3S/c1-9-24(21-34)22-35-23(2)30(36)13-12-25-10-11-27(18-29(25)26-14-16-31(3,4)17-15-26)28-19-32(5,6)39(37,38)33(7,8)20-28/h9-11,14,18,28H,12-13,15-17,19-20,22H2,1-8H3/b24-9-,35-23?. The number of Topliss-reactive ketones (excluding diaryl/α,β-unsaturated/α-hetero) is 1. The van der Waals surface area contributed by atoms with Gasteiger partial charge in [0.2, 0.25) is 0 Å². The minimum atomic E-state index is -3.25. The summed E-state index contributed by atoms with van der Waals surface area (Å²) in [5.41, 5.74) is 6.16. The molecular formula is C33H46N2O3S. The molecule has 1 aromatic rings. The van der Waals surface area contributed by atoms with Gasteiger partial charge in [0.1, 0.15) is 0 Å². The number of carbonyl (C=O) groups excluding carboxylic acids is 1. The van der Waals surface area contributed by atoms with Crippen molar-refractivity contribution in [1.29, 1.82) is 5.26 Å². The van der Waals surface area contributed by atoms with E-state index in [2.05, 4.69) is 49.2 Å². The Balaban J connectivity index is 1.92. The fraction of sp³-hybridized carbons (Fsp3) is 0.606. The summed E-state index contributed by atoms with van der Waals surface area (Å²) < 4.78 is 24.9. The lowest BCUT2D eigenvalue weighted by Crippen LogP contribution is -2.51. The van der Waals surface area contributed by atoms with Crippen LogP contribution < -0.4 is 0 Å². The highest BCUT2D eigenvalue weighted by Crippen LogP contribution is 2.49. The number of aryl methyl sites for hydroxylation is 1. The molecule has 1 aliphatic carbocycles. The van der Waals surface area contributed by atoms with E-state index in [1.54, 1.807) is 19.9 Å². The Hall–Kier alpha value is -2.52. The van der Waals surface area contributed by atoms with Gasteiger partial charge in [0.15, 0.2) is 15.6 Å².